The molecule has 0 spiro atoms. The van der Waals surface area contributed by atoms with E-state index in [1.807, 2.05) is 18.2 Å². The molecular formula is C18H19N5O. The Bertz CT molecular complexity index is 914. The van der Waals surface area contributed by atoms with Gasteiger partial charge in [-0.15, -0.1) is 5.11 Å². The second-order valence-corrected chi connectivity index (χ2v) is 5.44. The molecule has 0 fully saturated rings. The number of nitrogens with zero attached hydrogens (tertiary/aromatic N) is 5. The lowest BCUT2D eigenvalue weighted by atomic mass is 10.2. The molecule has 3 aromatic rings. The summed E-state index contributed by atoms with van der Waals surface area (Å²) in [5.41, 5.74) is 0.408. The van der Waals surface area contributed by atoms with Crippen LogP contribution in [0, 0.1) is 0 Å². The maximum absolute atomic E-state index is 12.9. The molecule has 2 aromatic heterocycles. The predicted molar refractivity (Wildman–Crippen MR) is 94.0 cm³/mol. The second kappa shape index (κ2) is 7.12. The Hall–Kier alpha value is -2.89. The fraction of sp³-hybridized carbons (Fsp3) is 0.278. The maximum atomic E-state index is 12.9. The molecule has 0 aliphatic heterocycles. The molecule has 0 aliphatic rings. The minimum atomic E-state index is -0.196. The number of aromatic nitrogens is 3. The van der Waals surface area contributed by atoms with Gasteiger partial charge in [-0.2, -0.15) is 5.11 Å². The number of pyridine rings is 1. The first-order valence-electron chi connectivity index (χ1n) is 8.08. The average molecular weight is 321 g/mol. The van der Waals surface area contributed by atoms with Crippen molar-refractivity contribution >= 4 is 16.9 Å². The van der Waals surface area contributed by atoms with E-state index in [0.717, 1.165) is 12.8 Å². The number of para-hydroxylation sites is 1. The Kier molecular flexibility index (Phi) is 4.74. The predicted octanol–water partition coefficient (Wildman–Crippen LogP) is 4.05. The normalized spacial score (nSPS) is 11.6. The summed E-state index contributed by atoms with van der Waals surface area (Å²) in [5, 5.41) is 9.14. The minimum Gasteiger partial charge on any atom is -0.268 e. The first kappa shape index (κ1) is 16.0. The highest BCUT2D eigenvalue weighted by Gasteiger charge is 2.13. The van der Waals surface area contributed by atoms with Gasteiger partial charge in [0.1, 0.15) is 5.82 Å². The van der Waals surface area contributed by atoms with Gasteiger partial charge in [-0.25, -0.2) is 14.5 Å². The second-order valence-electron chi connectivity index (χ2n) is 5.44. The Morgan fingerprint density at radius 1 is 1.08 bits per heavy atom. The largest absolute Gasteiger partial charge is 0.268 e. The molecule has 0 N–H and O–H groups in total. The molecule has 0 unspecified atom stereocenters. The molecule has 6 heteroatoms. The SMILES string of the molecule is CCC(CC)N=Nc1nc2ccccc2c(=O)n1-c1ccccn1. The fourth-order valence-corrected chi connectivity index (χ4v) is 2.47. The summed E-state index contributed by atoms with van der Waals surface area (Å²) in [6.45, 7) is 4.12. The molecule has 122 valence electrons. The fourth-order valence-electron chi connectivity index (χ4n) is 2.47. The van der Waals surface area contributed by atoms with E-state index >= 15 is 0 Å². The topological polar surface area (TPSA) is 72.5 Å². The van der Waals surface area contributed by atoms with Crippen LogP contribution in [0.25, 0.3) is 16.7 Å². The monoisotopic (exact) mass is 321 g/mol. The van der Waals surface area contributed by atoms with Crippen molar-refractivity contribution in [3.05, 3.63) is 59.0 Å². The first-order chi connectivity index (χ1) is 11.7. The molecule has 0 radical (unpaired) electrons. The van der Waals surface area contributed by atoms with Crippen molar-refractivity contribution in [1.29, 1.82) is 0 Å². The molecule has 0 bridgehead atoms. The standard InChI is InChI=1S/C18H19N5O/c1-3-13(4-2)21-22-18-20-15-10-6-5-9-14(15)17(24)23(18)16-11-7-8-12-19-16/h5-13H,3-4H2,1-2H3. The summed E-state index contributed by atoms with van der Waals surface area (Å²) >= 11 is 0. The molecule has 0 amide bonds. The Morgan fingerprint density at radius 3 is 2.54 bits per heavy atom. The zero-order valence-electron chi connectivity index (χ0n) is 13.8. The van der Waals surface area contributed by atoms with Gasteiger partial charge in [-0.1, -0.05) is 32.0 Å². The zero-order chi connectivity index (χ0) is 16.9. The van der Waals surface area contributed by atoms with E-state index in [9.17, 15) is 4.79 Å². The Balaban J connectivity index is 2.24. The number of azo groups is 1. The third-order valence-corrected chi connectivity index (χ3v) is 3.89. The average Bonchev–Trinajstić information content (AvgIpc) is 2.63. The van der Waals surface area contributed by atoms with E-state index < -0.39 is 0 Å². The van der Waals surface area contributed by atoms with E-state index in [-0.39, 0.29) is 17.5 Å². The lowest BCUT2D eigenvalue weighted by molar-refractivity contribution is 0.600. The molecule has 0 saturated carbocycles. The van der Waals surface area contributed by atoms with Crippen LogP contribution in [0.4, 0.5) is 5.95 Å². The minimum absolute atomic E-state index is 0.116. The summed E-state index contributed by atoms with van der Waals surface area (Å²) in [6.07, 6.45) is 3.42. The lowest BCUT2D eigenvalue weighted by Gasteiger charge is -2.10. The van der Waals surface area contributed by atoms with Gasteiger partial charge in [0.2, 0.25) is 0 Å². The lowest BCUT2D eigenvalue weighted by Crippen LogP contribution is -2.20. The molecular weight excluding hydrogens is 302 g/mol. The van der Waals surface area contributed by atoms with E-state index in [0.29, 0.717) is 16.7 Å². The van der Waals surface area contributed by atoms with Crippen molar-refractivity contribution in [2.45, 2.75) is 32.7 Å². The Morgan fingerprint density at radius 2 is 1.83 bits per heavy atom. The summed E-state index contributed by atoms with van der Waals surface area (Å²) in [4.78, 5) is 21.7. The van der Waals surface area contributed by atoms with Crippen molar-refractivity contribution in [3.63, 3.8) is 0 Å². The highest BCUT2D eigenvalue weighted by atomic mass is 16.1. The molecule has 0 saturated heterocycles. The van der Waals surface area contributed by atoms with Gasteiger partial charge in [0.05, 0.1) is 16.9 Å². The number of benzene rings is 1. The van der Waals surface area contributed by atoms with Crippen LogP contribution in [0.1, 0.15) is 26.7 Å². The van der Waals surface area contributed by atoms with Crippen LogP contribution in [0.5, 0.6) is 0 Å². The third kappa shape index (κ3) is 3.08. The summed E-state index contributed by atoms with van der Waals surface area (Å²) in [5.74, 6) is 0.739. The molecule has 3 rings (SSSR count). The van der Waals surface area contributed by atoms with Crippen LogP contribution in [0.15, 0.2) is 63.7 Å². The van der Waals surface area contributed by atoms with E-state index in [1.54, 1.807) is 30.5 Å². The first-order valence-corrected chi connectivity index (χ1v) is 8.08. The smallest absolute Gasteiger partial charge is 0.268 e. The van der Waals surface area contributed by atoms with Gasteiger partial charge >= 0.3 is 0 Å². The van der Waals surface area contributed by atoms with Crippen LogP contribution < -0.4 is 5.56 Å². The van der Waals surface area contributed by atoms with Crippen LogP contribution >= 0.6 is 0 Å². The molecule has 0 aliphatic carbocycles. The van der Waals surface area contributed by atoms with Gasteiger partial charge in [0.15, 0.2) is 0 Å². The summed E-state index contributed by atoms with van der Waals surface area (Å²) in [6, 6.07) is 12.7. The van der Waals surface area contributed by atoms with Gasteiger partial charge in [0, 0.05) is 6.20 Å². The van der Waals surface area contributed by atoms with Crippen molar-refractivity contribution in [2.75, 3.05) is 0 Å². The van der Waals surface area contributed by atoms with Crippen LogP contribution in [-0.2, 0) is 0 Å². The van der Waals surface area contributed by atoms with E-state index in [1.165, 1.54) is 4.57 Å². The van der Waals surface area contributed by atoms with Crippen molar-refractivity contribution in [1.82, 2.24) is 14.5 Å². The number of hydrogen-bond donors (Lipinski definition) is 0. The number of hydrogen-bond acceptors (Lipinski definition) is 5. The van der Waals surface area contributed by atoms with Gasteiger partial charge in [-0.3, -0.25) is 4.79 Å². The quantitative estimate of drug-likeness (QED) is 0.665. The highest BCUT2D eigenvalue weighted by molar-refractivity contribution is 5.78. The van der Waals surface area contributed by atoms with E-state index in [4.69, 9.17) is 0 Å². The van der Waals surface area contributed by atoms with Crippen LogP contribution in [0.3, 0.4) is 0 Å². The van der Waals surface area contributed by atoms with Gasteiger partial charge in [-0.05, 0) is 37.1 Å². The third-order valence-electron chi connectivity index (χ3n) is 3.89. The van der Waals surface area contributed by atoms with Crippen molar-refractivity contribution < 1.29 is 0 Å². The molecule has 0 atom stereocenters. The molecule has 1 aromatic carbocycles. The van der Waals surface area contributed by atoms with Crippen molar-refractivity contribution in [2.24, 2.45) is 10.2 Å². The van der Waals surface area contributed by atoms with Crippen LogP contribution in [0.2, 0.25) is 0 Å². The van der Waals surface area contributed by atoms with Gasteiger partial charge < -0.3 is 0 Å². The maximum Gasteiger partial charge on any atom is 0.268 e. The van der Waals surface area contributed by atoms with E-state index in [2.05, 4.69) is 34.0 Å². The number of rotatable bonds is 5. The molecule has 6 nitrogen and oxygen atoms in total. The number of fused-ring (bicyclic) bond motifs is 1. The van der Waals surface area contributed by atoms with Crippen molar-refractivity contribution in [3.8, 4) is 5.82 Å². The zero-order valence-corrected chi connectivity index (χ0v) is 13.8. The molecule has 2 heterocycles. The molecule has 24 heavy (non-hydrogen) atoms. The van der Waals surface area contributed by atoms with Crippen LogP contribution in [-0.4, -0.2) is 20.6 Å². The summed E-state index contributed by atoms with van der Waals surface area (Å²) in [7, 11) is 0. The summed E-state index contributed by atoms with van der Waals surface area (Å²) < 4.78 is 1.41. The highest BCUT2D eigenvalue weighted by Crippen LogP contribution is 2.18. The Labute approximate surface area is 139 Å². The van der Waals surface area contributed by atoms with Gasteiger partial charge in [0.25, 0.3) is 11.5 Å².